The summed E-state index contributed by atoms with van der Waals surface area (Å²) in [5.74, 6) is -0.217. The maximum Gasteiger partial charge on any atom is 0.330 e. The fraction of sp³-hybridized carbons (Fsp3) is 0.556. The molecule has 1 aliphatic rings. The van der Waals surface area contributed by atoms with E-state index in [4.69, 9.17) is 0 Å². The number of carbonyl (C=O) groups is 2. The van der Waals surface area contributed by atoms with E-state index in [2.05, 4.69) is 4.74 Å². The monoisotopic (exact) mass is 168 g/mol. The SMILES string of the molecule is CCOC(=O)/C=C/C(=O)C1CC1. The van der Waals surface area contributed by atoms with E-state index in [0.29, 0.717) is 6.61 Å². The lowest BCUT2D eigenvalue weighted by atomic mass is 10.2. The fourth-order valence-corrected chi connectivity index (χ4v) is 0.844. The molecule has 0 atom stereocenters. The second kappa shape index (κ2) is 4.04. The lowest BCUT2D eigenvalue weighted by molar-refractivity contribution is -0.137. The van der Waals surface area contributed by atoms with Gasteiger partial charge in [-0.15, -0.1) is 0 Å². The van der Waals surface area contributed by atoms with Crippen LogP contribution in [-0.2, 0) is 14.3 Å². The highest BCUT2D eigenvalue weighted by molar-refractivity contribution is 5.98. The third-order valence-corrected chi connectivity index (χ3v) is 1.65. The van der Waals surface area contributed by atoms with Gasteiger partial charge in [-0.1, -0.05) is 0 Å². The fourth-order valence-electron chi connectivity index (χ4n) is 0.844. The average molecular weight is 168 g/mol. The van der Waals surface area contributed by atoms with E-state index < -0.39 is 5.97 Å². The molecule has 0 bridgehead atoms. The number of esters is 1. The largest absolute Gasteiger partial charge is 0.463 e. The highest BCUT2D eigenvalue weighted by atomic mass is 16.5. The summed E-state index contributed by atoms with van der Waals surface area (Å²) in [6.07, 6.45) is 4.44. The molecule has 12 heavy (non-hydrogen) atoms. The Hall–Kier alpha value is -1.12. The van der Waals surface area contributed by atoms with E-state index in [1.165, 1.54) is 12.2 Å². The number of carbonyl (C=O) groups excluding carboxylic acids is 2. The van der Waals surface area contributed by atoms with Gasteiger partial charge in [0, 0.05) is 12.0 Å². The van der Waals surface area contributed by atoms with E-state index in [9.17, 15) is 9.59 Å². The predicted octanol–water partition coefficient (Wildman–Crippen LogP) is 1.08. The number of ketones is 1. The molecule has 0 N–H and O–H groups in total. The van der Waals surface area contributed by atoms with Crippen LogP contribution in [0.1, 0.15) is 19.8 Å². The van der Waals surface area contributed by atoms with Gasteiger partial charge in [0.15, 0.2) is 5.78 Å². The van der Waals surface area contributed by atoms with Gasteiger partial charge in [-0.05, 0) is 25.8 Å². The summed E-state index contributed by atoms with van der Waals surface area (Å²) in [6, 6.07) is 0. The van der Waals surface area contributed by atoms with E-state index >= 15 is 0 Å². The second-order valence-electron chi connectivity index (χ2n) is 2.76. The van der Waals surface area contributed by atoms with Crippen LogP contribution >= 0.6 is 0 Å². The molecule has 66 valence electrons. The molecule has 0 heterocycles. The van der Waals surface area contributed by atoms with Crippen molar-refractivity contribution in [2.45, 2.75) is 19.8 Å². The second-order valence-corrected chi connectivity index (χ2v) is 2.76. The molecule has 1 saturated carbocycles. The molecule has 1 fully saturated rings. The number of ether oxygens (including phenoxy) is 1. The van der Waals surface area contributed by atoms with Crippen molar-refractivity contribution in [3.8, 4) is 0 Å². The Morgan fingerprint density at radius 3 is 2.58 bits per heavy atom. The number of hydrogen-bond acceptors (Lipinski definition) is 3. The Bertz CT molecular complexity index is 214. The molecule has 1 rings (SSSR count). The summed E-state index contributed by atoms with van der Waals surface area (Å²) in [6.45, 7) is 2.08. The number of allylic oxidation sites excluding steroid dienone is 1. The van der Waals surface area contributed by atoms with Crippen LogP contribution in [0.15, 0.2) is 12.2 Å². The maximum absolute atomic E-state index is 11.0. The number of hydrogen-bond donors (Lipinski definition) is 0. The minimum Gasteiger partial charge on any atom is -0.463 e. The van der Waals surface area contributed by atoms with Crippen LogP contribution in [0.5, 0.6) is 0 Å². The van der Waals surface area contributed by atoms with Crippen molar-refractivity contribution in [2.75, 3.05) is 6.61 Å². The Labute approximate surface area is 71.4 Å². The van der Waals surface area contributed by atoms with Crippen molar-refractivity contribution in [3.05, 3.63) is 12.2 Å². The van der Waals surface area contributed by atoms with Gasteiger partial charge in [0.25, 0.3) is 0 Å². The first-order chi connectivity index (χ1) is 5.74. The zero-order chi connectivity index (χ0) is 8.97. The molecule has 0 aliphatic heterocycles. The van der Waals surface area contributed by atoms with Crippen molar-refractivity contribution in [3.63, 3.8) is 0 Å². The van der Waals surface area contributed by atoms with Gasteiger partial charge in [0.2, 0.25) is 0 Å². The average Bonchev–Trinajstić information content (AvgIpc) is 2.83. The molecular weight excluding hydrogens is 156 g/mol. The predicted molar refractivity (Wildman–Crippen MR) is 43.5 cm³/mol. The summed E-state index contributed by atoms with van der Waals surface area (Å²) in [7, 11) is 0. The first-order valence-corrected chi connectivity index (χ1v) is 4.12. The lowest BCUT2D eigenvalue weighted by Crippen LogP contribution is -2.01. The van der Waals surface area contributed by atoms with Gasteiger partial charge < -0.3 is 4.74 Å². The highest BCUT2D eigenvalue weighted by Crippen LogP contribution is 2.29. The molecule has 1 aliphatic carbocycles. The molecule has 3 nitrogen and oxygen atoms in total. The van der Waals surface area contributed by atoms with Crippen molar-refractivity contribution in [1.29, 1.82) is 0 Å². The normalized spacial score (nSPS) is 16.4. The van der Waals surface area contributed by atoms with Crippen LogP contribution in [0, 0.1) is 5.92 Å². The molecule has 0 unspecified atom stereocenters. The van der Waals surface area contributed by atoms with E-state index in [0.717, 1.165) is 12.8 Å². The minimum absolute atomic E-state index is 0.0445. The van der Waals surface area contributed by atoms with Crippen LogP contribution in [0.3, 0.4) is 0 Å². The van der Waals surface area contributed by atoms with Crippen molar-refractivity contribution in [1.82, 2.24) is 0 Å². The molecule has 0 aromatic carbocycles. The van der Waals surface area contributed by atoms with Crippen molar-refractivity contribution >= 4 is 11.8 Å². The van der Waals surface area contributed by atoms with Crippen LogP contribution in [0.4, 0.5) is 0 Å². The zero-order valence-corrected chi connectivity index (χ0v) is 7.08. The summed E-state index contributed by atoms with van der Waals surface area (Å²) in [5.41, 5.74) is 0. The van der Waals surface area contributed by atoms with Gasteiger partial charge in [0.05, 0.1) is 6.61 Å². The first kappa shape index (κ1) is 8.97. The standard InChI is InChI=1S/C9H12O3/c1-2-12-9(11)6-5-8(10)7-3-4-7/h5-7H,2-4H2,1H3/b6-5+. The molecule has 0 aromatic rings. The van der Waals surface area contributed by atoms with Gasteiger partial charge in [-0.25, -0.2) is 4.79 Å². The number of rotatable bonds is 4. The summed E-state index contributed by atoms with van der Waals surface area (Å²) < 4.78 is 4.61. The van der Waals surface area contributed by atoms with Crippen molar-refractivity contribution < 1.29 is 14.3 Å². The molecular formula is C9H12O3. The minimum atomic E-state index is -0.438. The quantitative estimate of drug-likeness (QED) is 0.466. The molecule has 0 radical (unpaired) electrons. The molecule has 0 spiro atoms. The topological polar surface area (TPSA) is 43.4 Å². The van der Waals surface area contributed by atoms with E-state index in [1.807, 2.05) is 0 Å². The highest BCUT2D eigenvalue weighted by Gasteiger charge is 2.27. The zero-order valence-electron chi connectivity index (χ0n) is 7.08. The van der Waals surface area contributed by atoms with Crippen LogP contribution < -0.4 is 0 Å². The Balaban J connectivity index is 2.27. The maximum atomic E-state index is 11.0. The van der Waals surface area contributed by atoms with Gasteiger partial charge in [-0.3, -0.25) is 4.79 Å². The third kappa shape index (κ3) is 2.86. The van der Waals surface area contributed by atoms with E-state index in [-0.39, 0.29) is 11.7 Å². The van der Waals surface area contributed by atoms with Crippen LogP contribution in [-0.4, -0.2) is 18.4 Å². The summed E-state index contributed by atoms with van der Waals surface area (Å²) >= 11 is 0. The van der Waals surface area contributed by atoms with Gasteiger partial charge in [-0.2, -0.15) is 0 Å². The first-order valence-electron chi connectivity index (χ1n) is 4.12. The molecule has 0 aromatic heterocycles. The smallest absolute Gasteiger partial charge is 0.330 e. The summed E-state index contributed by atoms with van der Waals surface area (Å²) in [5, 5.41) is 0. The molecule has 0 amide bonds. The van der Waals surface area contributed by atoms with Crippen LogP contribution in [0.2, 0.25) is 0 Å². The Morgan fingerprint density at radius 2 is 2.08 bits per heavy atom. The Morgan fingerprint density at radius 1 is 1.42 bits per heavy atom. The third-order valence-electron chi connectivity index (χ3n) is 1.65. The van der Waals surface area contributed by atoms with Gasteiger partial charge in [0.1, 0.15) is 0 Å². The molecule has 0 saturated heterocycles. The lowest BCUT2D eigenvalue weighted by Gasteiger charge is -1.93. The Kier molecular flexibility index (Phi) is 3.02. The molecule has 3 heteroatoms. The van der Waals surface area contributed by atoms with E-state index in [1.54, 1.807) is 6.92 Å². The summed E-state index contributed by atoms with van der Waals surface area (Å²) in [4.78, 5) is 21.7. The van der Waals surface area contributed by atoms with Crippen LogP contribution in [0.25, 0.3) is 0 Å². The van der Waals surface area contributed by atoms with Gasteiger partial charge >= 0.3 is 5.97 Å². The van der Waals surface area contributed by atoms with Crippen molar-refractivity contribution in [2.24, 2.45) is 5.92 Å².